The number of fused-ring (bicyclic) bond motifs is 7. The molecule has 0 spiro atoms. The Kier molecular flexibility index (Phi) is 2.85. The zero-order chi connectivity index (χ0) is 17.3. The Morgan fingerprint density at radius 1 is 0.880 bits per heavy atom. The van der Waals surface area contributed by atoms with E-state index in [2.05, 4.69) is 50.0 Å². The number of benzene rings is 3. The molecule has 0 aliphatic rings. The zero-order valence-corrected chi connectivity index (χ0v) is 15.2. The SMILES string of the molecule is CC(C)(C)c1ccc2[nH]c3cc(Cl)c4c5ccccc5oc4c3c2c1. The van der Waals surface area contributed by atoms with Crippen LogP contribution in [0.3, 0.4) is 0 Å². The van der Waals surface area contributed by atoms with Crippen LogP contribution in [0.15, 0.2) is 52.9 Å². The Bertz CT molecular complexity index is 1280. The molecule has 0 amide bonds. The third kappa shape index (κ3) is 2.04. The molecule has 25 heavy (non-hydrogen) atoms. The highest BCUT2D eigenvalue weighted by Gasteiger charge is 2.19. The van der Waals surface area contributed by atoms with Crippen LogP contribution < -0.4 is 0 Å². The normalized spacial score (nSPS) is 12.8. The summed E-state index contributed by atoms with van der Waals surface area (Å²) in [7, 11) is 0. The largest absolute Gasteiger partial charge is 0.455 e. The van der Waals surface area contributed by atoms with Gasteiger partial charge in [-0.1, -0.05) is 56.6 Å². The van der Waals surface area contributed by atoms with E-state index in [4.69, 9.17) is 16.0 Å². The molecule has 0 atom stereocenters. The summed E-state index contributed by atoms with van der Waals surface area (Å²) >= 11 is 6.61. The average molecular weight is 348 g/mol. The summed E-state index contributed by atoms with van der Waals surface area (Å²) in [6.07, 6.45) is 0. The molecule has 3 heteroatoms. The molecule has 3 aromatic carbocycles. The van der Waals surface area contributed by atoms with Crippen LogP contribution in [-0.2, 0) is 5.41 Å². The number of aromatic amines is 1. The van der Waals surface area contributed by atoms with E-state index in [9.17, 15) is 0 Å². The topological polar surface area (TPSA) is 28.9 Å². The van der Waals surface area contributed by atoms with Crippen LogP contribution in [0.2, 0.25) is 5.02 Å². The maximum Gasteiger partial charge on any atom is 0.146 e. The lowest BCUT2D eigenvalue weighted by atomic mass is 9.86. The molecule has 2 nitrogen and oxygen atoms in total. The minimum Gasteiger partial charge on any atom is -0.455 e. The van der Waals surface area contributed by atoms with Crippen molar-refractivity contribution in [2.24, 2.45) is 0 Å². The van der Waals surface area contributed by atoms with E-state index in [1.54, 1.807) is 0 Å². The van der Waals surface area contributed by atoms with Crippen molar-refractivity contribution in [1.29, 1.82) is 0 Å². The quantitative estimate of drug-likeness (QED) is 0.316. The Morgan fingerprint density at radius 3 is 2.48 bits per heavy atom. The highest BCUT2D eigenvalue weighted by atomic mass is 35.5. The first-order chi connectivity index (χ1) is 11.9. The van der Waals surface area contributed by atoms with Gasteiger partial charge in [0.05, 0.1) is 15.9 Å². The first-order valence-corrected chi connectivity index (χ1v) is 8.87. The van der Waals surface area contributed by atoms with Gasteiger partial charge in [-0.2, -0.15) is 0 Å². The van der Waals surface area contributed by atoms with Crippen LogP contribution in [0, 0.1) is 0 Å². The zero-order valence-electron chi connectivity index (χ0n) is 14.4. The minimum atomic E-state index is 0.0944. The second-order valence-electron chi connectivity index (χ2n) is 7.72. The second kappa shape index (κ2) is 4.80. The molecule has 0 saturated carbocycles. The molecule has 0 aliphatic heterocycles. The van der Waals surface area contributed by atoms with Gasteiger partial charge in [-0.25, -0.2) is 0 Å². The van der Waals surface area contributed by atoms with E-state index in [0.29, 0.717) is 0 Å². The summed E-state index contributed by atoms with van der Waals surface area (Å²) < 4.78 is 6.23. The second-order valence-corrected chi connectivity index (χ2v) is 8.13. The molecule has 0 unspecified atom stereocenters. The summed E-state index contributed by atoms with van der Waals surface area (Å²) in [5.41, 5.74) is 5.25. The van der Waals surface area contributed by atoms with Gasteiger partial charge in [0.15, 0.2) is 0 Å². The van der Waals surface area contributed by atoms with Crippen LogP contribution in [0.4, 0.5) is 0 Å². The summed E-state index contributed by atoms with van der Waals surface area (Å²) in [6, 6.07) is 16.7. The molecule has 0 radical (unpaired) electrons. The van der Waals surface area contributed by atoms with Crippen LogP contribution in [0.1, 0.15) is 26.3 Å². The molecule has 5 rings (SSSR count). The van der Waals surface area contributed by atoms with E-state index in [0.717, 1.165) is 43.4 Å². The first kappa shape index (κ1) is 14.9. The highest BCUT2D eigenvalue weighted by molar-refractivity contribution is 6.40. The summed E-state index contributed by atoms with van der Waals surface area (Å²) in [5, 5.41) is 5.06. The van der Waals surface area contributed by atoms with Crippen LogP contribution in [-0.4, -0.2) is 4.98 Å². The molecule has 0 aliphatic carbocycles. The number of para-hydroxylation sites is 1. The van der Waals surface area contributed by atoms with Gasteiger partial charge >= 0.3 is 0 Å². The number of hydrogen-bond donors (Lipinski definition) is 1. The first-order valence-electron chi connectivity index (χ1n) is 8.49. The number of H-pyrrole nitrogens is 1. The Labute approximate surface area is 150 Å². The molecule has 2 heterocycles. The number of nitrogens with one attached hydrogen (secondary N) is 1. The summed E-state index contributed by atoms with van der Waals surface area (Å²) in [5.74, 6) is 0. The Hall–Kier alpha value is -2.45. The molecule has 5 aromatic rings. The number of halogens is 1. The van der Waals surface area contributed by atoms with Gasteiger partial charge in [-0.05, 0) is 35.2 Å². The van der Waals surface area contributed by atoms with E-state index in [1.807, 2.05) is 24.3 Å². The van der Waals surface area contributed by atoms with Crippen molar-refractivity contribution in [2.75, 3.05) is 0 Å². The van der Waals surface area contributed by atoms with Crippen LogP contribution in [0.25, 0.3) is 43.7 Å². The lowest BCUT2D eigenvalue weighted by Gasteiger charge is -2.18. The van der Waals surface area contributed by atoms with Crippen molar-refractivity contribution in [1.82, 2.24) is 4.98 Å². The third-order valence-electron chi connectivity index (χ3n) is 5.03. The lowest BCUT2D eigenvalue weighted by Crippen LogP contribution is -2.10. The van der Waals surface area contributed by atoms with Crippen molar-refractivity contribution in [3.05, 3.63) is 59.1 Å². The van der Waals surface area contributed by atoms with E-state index in [-0.39, 0.29) is 5.41 Å². The molecule has 0 saturated heterocycles. The van der Waals surface area contributed by atoms with Gasteiger partial charge in [-0.3, -0.25) is 0 Å². The molecule has 0 fully saturated rings. The average Bonchev–Trinajstić information content (AvgIpc) is 3.10. The van der Waals surface area contributed by atoms with Crippen LogP contribution in [0.5, 0.6) is 0 Å². The fourth-order valence-corrected chi connectivity index (χ4v) is 3.99. The summed E-state index contributed by atoms with van der Waals surface area (Å²) in [6.45, 7) is 6.70. The number of aromatic nitrogens is 1. The van der Waals surface area contributed by atoms with Crippen molar-refractivity contribution in [2.45, 2.75) is 26.2 Å². The van der Waals surface area contributed by atoms with Crippen molar-refractivity contribution in [3.63, 3.8) is 0 Å². The third-order valence-corrected chi connectivity index (χ3v) is 5.32. The van der Waals surface area contributed by atoms with Gasteiger partial charge < -0.3 is 9.40 Å². The minimum absolute atomic E-state index is 0.0944. The molecule has 1 N–H and O–H groups in total. The van der Waals surface area contributed by atoms with E-state index >= 15 is 0 Å². The van der Waals surface area contributed by atoms with Gasteiger partial charge in [0.25, 0.3) is 0 Å². The highest BCUT2D eigenvalue weighted by Crippen LogP contribution is 2.42. The predicted molar refractivity (Wildman–Crippen MR) is 107 cm³/mol. The smallest absolute Gasteiger partial charge is 0.146 e. The monoisotopic (exact) mass is 347 g/mol. The standard InChI is InChI=1S/C22H18ClNO/c1-22(2,3)12-8-9-16-14(10-12)20-17(24-16)11-15(23)19-13-6-4-5-7-18(13)25-21(19)20/h4-11,24H,1-3H3. The number of hydrogen-bond acceptors (Lipinski definition) is 1. The van der Waals surface area contributed by atoms with Gasteiger partial charge in [0.2, 0.25) is 0 Å². The molecular formula is C22H18ClNO. The summed E-state index contributed by atoms with van der Waals surface area (Å²) in [4.78, 5) is 3.49. The number of furan rings is 1. The predicted octanol–water partition coefficient (Wildman–Crippen LogP) is 7.17. The maximum atomic E-state index is 6.61. The number of rotatable bonds is 0. The fraction of sp³-hybridized carbons (Fsp3) is 0.182. The van der Waals surface area contributed by atoms with Gasteiger partial charge in [-0.15, -0.1) is 0 Å². The Balaban J connectivity index is 2.02. The van der Waals surface area contributed by atoms with Crippen molar-refractivity contribution < 1.29 is 4.42 Å². The lowest BCUT2D eigenvalue weighted by molar-refractivity contribution is 0.591. The van der Waals surface area contributed by atoms with Gasteiger partial charge in [0.1, 0.15) is 11.2 Å². The molecule has 0 bridgehead atoms. The Morgan fingerprint density at radius 2 is 1.68 bits per heavy atom. The van der Waals surface area contributed by atoms with E-state index < -0.39 is 0 Å². The molecule has 124 valence electrons. The van der Waals surface area contributed by atoms with Crippen LogP contribution >= 0.6 is 11.6 Å². The fourth-order valence-electron chi connectivity index (χ4n) is 3.69. The molecule has 2 aromatic heterocycles. The van der Waals surface area contributed by atoms with Crippen molar-refractivity contribution >= 4 is 55.3 Å². The van der Waals surface area contributed by atoms with Gasteiger partial charge in [0, 0.05) is 21.7 Å². The maximum absolute atomic E-state index is 6.61. The van der Waals surface area contributed by atoms with Crippen molar-refractivity contribution in [3.8, 4) is 0 Å². The van der Waals surface area contributed by atoms with E-state index in [1.165, 1.54) is 10.9 Å². The molecular weight excluding hydrogens is 330 g/mol.